The SMILES string of the molecule is CCNc1cc(NC(C)CC)cc([N+](=O)[O-])c1. The summed E-state index contributed by atoms with van der Waals surface area (Å²) in [6.45, 7) is 6.82. The lowest BCUT2D eigenvalue weighted by molar-refractivity contribution is -0.384. The molecule has 5 heteroatoms. The number of hydrogen-bond acceptors (Lipinski definition) is 4. The molecule has 17 heavy (non-hydrogen) atoms. The van der Waals surface area contributed by atoms with Crippen molar-refractivity contribution in [2.45, 2.75) is 33.2 Å². The van der Waals surface area contributed by atoms with E-state index in [-0.39, 0.29) is 10.6 Å². The molecule has 0 amide bonds. The Balaban J connectivity index is 2.99. The van der Waals surface area contributed by atoms with Gasteiger partial charge in [0.2, 0.25) is 0 Å². The fourth-order valence-corrected chi connectivity index (χ4v) is 1.49. The smallest absolute Gasteiger partial charge is 0.273 e. The Kier molecular flexibility index (Phi) is 4.75. The summed E-state index contributed by atoms with van der Waals surface area (Å²) < 4.78 is 0. The van der Waals surface area contributed by atoms with E-state index in [1.54, 1.807) is 12.1 Å². The Morgan fingerprint density at radius 1 is 1.29 bits per heavy atom. The van der Waals surface area contributed by atoms with E-state index in [4.69, 9.17) is 0 Å². The Hall–Kier alpha value is -1.78. The van der Waals surface area contributed by atoms with Crippen LogP contribution in [0.4, 0.5) is 17.1 Å². The Labute approximate surface area is 101 Å². The number of benzene rings is 1. The molecule has 94 valence electrons. The van der Waals surface area contributed by atoms with Crippen molar-refractivity contribution in [3.63, 3.8) is 0 Å². The molecule has 0 aliphatic rings. The van der Waals surface area contributed by atoms with Gasteiger partial charge in [-0.1, -0.05) is 6.92 Å². The summed E-state index contributed by atoms with van der Waals surface area (Å²) in [6.07, 6.45) is 0.971. The van der Waals surface area contributed by atoms with E-state index >= 15 is 0 Å². The maximum absolute atomic E-state index is 10.8. The van der Waals surface area contributed by atoms with Gasteiger partial charge in [0.1, 0.15) is 0 Å². The summed E-state index contributed by atoms with van der Waals surface area (Å²) in [5.74, 6) is 0. The number of anilines is 2. The van der Waals surface area contributed by atoms with Gasteiger partial charge in [-0.15, -0.1) is 0 Å². The summed E-state index contributed by atoms with van der Waals surface area (Å²) in [7, 11) is 0. The molecule has 1 aromatic carbocycles. The van der Waals surface area contributed by atoms with Crippen molar-refractivity contribution in [1.82, 2.24) is 0 Å². The molecule has 0 bridgehead atoms. The van der Waals surface area contributed by atoms with Gasteiger partial charge in [0.15, 0.2) is 0 Å². The van der Waals surface area contributed by atoms with Crippen LogP contribution in [0.3, 0.4) is 0 Å². The molecule has 0 saturated carbocycles. The van der Waals surface area contributed by atoms with Crippen LogP contribution in [0.25, 0.3) is 0 Å². The Morgan fingerprint density at radius 3 is 2.47 bits per heavy atom. The number of nitrogens with zero attached hydrogens (tertiary/aromatic N) is 1. The van der Waals surface area contributed by atoms with Gasteiger partial charge >= 0.3 is 0 Å². The zero-order valence-corrected chi connectivity index (χ0v) is 10.5. The van der Waals surface area contributed by atoms with Crippen LogP contribution in [0.5, 0.6) is 0 Å². The number of nitrogens with one attached hydrogen (secondary N) is 2. The van der Waals surface area contributed by atoms with Crippen molar-refractivity contribution in [1.29, 1.82) is 0 Å². The highest BCUT2D eigenvalue weighted by Crippen LogP contribution is 2.25. The van der Waals surface area contributed by atoms with E-state index in [0.29, 0.717) is 6.04 Å². The molecule has 5 nitrogen and oxygen atoms in total. The molecule has 0 heterocycles. The minimum absolute atomic E-state index is 0.106. The average Bonchev–Trinajstić information content (AvgIpc) is 2.29. The first-order valence-corrected chi connectivity index (χ1v) is 5.86. The largest absolute Gasteiger partial charge is 0.385 e. The van der Waals surface area contributed by atoms with Crippen LogP contribution < -0.4 is 10.6 Å². The van der Waals surface area contributed by atoms with Crippen LogP contribution in [-0.4, -0.2) is 17.5 Å². The first-order valence-electron chi connectivity index (χ1n) is 5.86. The van der Waals surface area contributed by atoms with Gasteiger partial charge in [0.25, 0.3) is 5.69 Å². The lowest BCUT2D eigenvalue weighted by Gasteiger charge is -2.14. The van der Waals surface area contributed by atoms with Gasteiger partial charge in [-0.3, -0.25) is 10.1 Å². The average molecular weight is 237 g/mol. The topological polar surface area (TPSA) is 67.2 Å². The van der Waals surface area contributed by atoms with Gasteiger partial charge in [0.05, 0.1) is 4.92 Å². The number of hydrogen-bond donors (Lipinski definition) is 2. The van der Waals surface area contributed by atoms with Gasteiger partial charge in [-0.2, -0.15) is 0 Å². The van der Waals surface area contributed by atoms with E-state index < -0.39 is 0 Å². The molecule has 0 aliphatic heterocycles. The Bertz CT molecular complexity index is 393. The van der Waals surface area contributed by atoms with E-state index in [2.05, 4.69) is 17.6 Å². The molecule has 1 aromatic rings. The number of non-ortho nitro benzene ring substituents is 1. The van der Waals surface area contributed by atoms with Crippen LogP contribution in [0.1, 0.15) is 27.2 Å². The van der Waals surface area contributed by atoms with Crippen LogP contribution in [-0.2, 0) is 0 Å². The van der Waals surface area contributed by atoms with Gasteiger partial charge < -0.3 is 10.6 Å². The van der Waals surface area contributed by atoms with Crippen molar-refractivity contribution < 1.29 is 4.92 Å². The fourth-order valence-electron chi connectivity index (χ4n) is 1.49. The second-order valence-electron chi connectivity index (χ2n) is 4.01. The first-order chi connectivity index (χ1) is 8.06. The predicted molar refractivity (Wildman–Crippen MR) is 70.6 cm³/mol. The molecule has 0 saturated heterocycles. The highest BCUT2D eigenvalue weighted by atomic mass is 16.6. The Morgan fingerprint density at radius 2 is 1.94 bits per heavy atom. The molecule has 0 spiro atoms. The van der Waals surface area contributed by atoms with Crippen molar-refractivity contribution in [3.05, 3.63) is 28.3 Å². The van der Waals surface area contributed by atoms with Crippen molar-refractivity contribution in [2.75, 3.05) is 17.2 Å². The van der Waals surface area contributed by atoms with Gasteiger partial charge in [-0.05, 0) is 26.3 Å². The minimum atomic E-state index is -0.372. The quantitative estimate of drug-likeness (QED) is 0.588. The third-order valence-corrected chi connectivity index (χ3v) is 2.53. The second-order valence-corrected chi connectivity index (χ2v) is 4.01. The maximum atomic E-state index is 10.8. The predicted octanol–water partition coefficient (Wildman–Crippen LogP) is 3.24. The van der Waals surface area contributed by atoms with Gasteiger partial charge in [-0.25, -0.2) is 0 Å². The molecule has 1 rings (SSSR count). The lowest BCUT2D eigenvalue weighted by atomic mass is 10.2. The summed E-state index contributed by atoms with van der Waals surface area (Å²) in [4.78, 5) is 10.4. The summed E-state index contributed by atoms with van der Waals surface area (Å²) in [5, 5.41) is 17.1. The zero-order chi connectivity index (χ0) is 12.8. The molecule has 2 N–H and O–H groups in total. The molecule has 0 aliphatic carbocycles. The molecule has 0 radical (unpaired) electrons. The number of nitro groups is 1. The molecular formula is C12H19N3O2. The highest BCUT2D eigenvalue weighted by Gasteiger charge is 2.10. The van der Waals surface area contributed by atoms with Crippen molar-refractivity contribution in [2.24, 2.45) is 0 Å². The molecule has 1 atom stereocenters. The van der Waals surface area contributed by atoms with Crippen LogP contribution in [0.2, 0.25) is 0 Å². The molecular weight excluding hydrogens is 218 g/mol. The highest BCUT2D eigenvalue weighted by molar-refractivity contribution is 5.63. The van der Waals surface area contributed by atoms with Crippen LogP contribution in [0.15, 0.2) is 18.2 Å². The zero-order valence-electron chi connectivity index (χ0n) is 10.5. The van der Waals surface area contributed by atoms with Crippen LogP contribution in [0, 0.1) is 10.1 Å². The molecule has 1 unspecified atom stereocenters. The minimum Gasteiger partial charge on any atom is -0.385 e. The third-order valence-electron chi connectivity index (χ3n) is 2.53. The van der Waals surface area contributed by atoms with E-state index in [0.717, 1.165) is 24.3 Å². The lowest BCUT2D eigenvalue weighted by Crippen LogP contribution is -2.13. The summed E-state index contributed by atoms with van der Waals surface area (Å²) in [5.41, 5.74) is 1.66. The van der Waals surface area contributed by atoms with E-state index in [1.807, 2.05) is 19.9 Å². The number of nitro benzene ring substituents is 1. The summed E-state index contributed by atoms with van der Waals surface area (Å²) >= 11 is 0. The maximum Gasteiger partial charge on any atom is 0.273 e. The van der Waals surface area contributed by atoms with Gasteiger partial charge in [0, 0.05) is 36.1 Å². The normalized spacial score (nSPS) is 11.9. The van der Waals surface area contributed by atoms with E-state index in [9.17, 15) is 10.1 Å². The third kappa shape index (κ3) is 3.94. The first kappa shape index (κ1) is 13.3. The molecule has 0 aromatic heterocycles. The summed E-state index contributed by atoms with van der Waals surface area (Å²) in [6, 6.07) is 5.30. The second kappa shape index (κ2) is 6.08. The monoisotopic (exact) mass is 237 g/mol. The van der Waals surface area contributed by atoms with Crippen LogP contribution >= 0.6 is 0 Å². The fraction of sp³-hybridized carbons (Fsp3) is 0.500. The van der Waals surface area contributed by atoms with Crippen molar-refractivity contribution >= 4 is 17.1 Å². The number of rotatable bonds is 6. The standard InChI is InChI=1S/C12H19N3O2/c1-4-9(3)14-11-6-10(13-5-2)7-12(8-11)15(16)17/h6-9,13-14H,4-5H2,1-3H3. The molecule has 0 fully saturated rings. The van der Waals surface area contributed by atoms with E-state index in [1.165, 1.54) is 0 Å². The van der Waals surface area contributed by atoms with Crippen molar-refractivity contribution in [3.8, 4) is 0 Å².